The molecule has 0 spiro atoms. The third-order valence-electron chi connectivity index (χ3n) is 1.56. The number of Topliss-reactive ketones (excluding diaryl/α,β-unsaturated/α-hetero) is 1. The van der Waals surface area contributed by atoms with E-state index in [2.05, 4.69) is 20.9 Å². The molecule has 0 aliphatic carbocycles. The first kappa shape index (κ1) is 9.19. The average molecular weight is 229 g/mol. The first-order valence-electron chi connectivity index (χ1n) is 3.46. The normalized spacial score (nSPS) is 9.92. The first-order chi connectivity index (χ1) is 5.52. The maximum Gasteiger partial charge on any atom is 0.163 e. The Labute approximate surface area is 79.1 Å². The van der Waals surface area contributed by atoms with Gasteiger partial charge in [-0.25, -0.2) is 4.98 Å². The SMILES string of the molecule is CC(=O)c1cc(Br)c(C)nc1N. The molecule has 0 atom stereocenters. The Morgan fingerprint density at radius 2 is 2.25 bits per heavy atom. The van der Waals surface area contributed by atoms with E-state index in [1.165, 1.54) is 6.92 Å². The van der Waals surface area contributed by atoms with Gasteiger partial charge in [0.1, 0.15) is 5.82 Å². The van der Waals surface area contributed by atoms with Gasteiger partial charge in [-0.3, -0.25) is 4.79 Å². The molecule has 0 bridgehead atoms. The van der Waals surface area contributed by atoms with Gasteiger partial charge in [-0.1, -0.05) is 0 Å². The molecule has 1 aromatic rings. The lowest BCUT2D eigenvalue weighted by molar-refractivity contribution is 0.101. The predicted octanol–water partition coefficient (Wildman–Crippen LogP) is 1.94. The minimum absolute atomic E-state index is 0.0688. The van der Waals surface area contributed by atoms with Crippen molar-refractivity contribution in [2.75, 3.05) is 5.73 Å². The fraction of sp³-hybridized carbons (Fsp3) is 0.250. The van der Waals surface area contributed by atoms with Crippen molar-refractivity contribution in [2.45, 2.75) is 13.8 Å². The molecule has 0 aliphatic rings. The van der Waals surface area contributed by atoms with E-state index in [4.69, 9.17) is 5.73 Å². The molecular weight excluding hydrogens is 220 g/mol. The van der Waals surface area contributed by atoms with E-state index in [0.29, 0.717) is 11.4 Å². The van der Waals surface area contributed by atoms with Crippen molar-refractivity contribution < 1.29 is 4.79 Å². The van der Waals surface area contributed by atoms with Gasteiger partial charge in [0, 0.05) is 4.47 Å². The van der Waals surface area contributed by atoms with Crippen molar-refractivity contribution in [3.8, 4) is 0 Å². The molecule has 2 N–H and O–H groups in total. The Bertz CT molecular complexity index is 336. The number of hydrogen-bond donors (Lipinski definition) is 1. The van der Waals surface area contributed by atoms with Crippen molar-refractivity contribution in [1.82, 2.24) is 4.98 Å². The minimum Gasteiger partial charge on any atom is -0.383 e. The number of nitrogen functional groups attached to an aromatic ring is 1. The number of carbonyl (C=O) groups is 1. The van der Waals surface area contributed by atoms with E-state index in [9.17, 15) is 4.79 Å². The summed E-state index contributed by atoms with van der Waals surface area (Å²) < 4.78 is 0.807. The number of aromatic nitrogens is 1. The summed E-state index contributed by atoms with van der Waals surface area (Å²) in [5.74, 6) is 0.226. The summed E-state index contributed by atoms with van der Waals surface area (Å²) in [5.41, 5.74) is 6.79. The number of nitrogens with two attached hydrogens (primary N) is 1. The smallest absolute Gasteiger partial charge is 0.163 e. The van der Waals surface area contributed by atoms with E-state index in [-0.39, 0.29) is 5.78 Å². The second-order valence-corrected chi connectivity index (χ2v) is 3.40. The molecule has 1 aromatic heterocycles. The molecule has 1 heterocycles. The lowest BCUT2D eigenvalue weighted by atomic mass is 10.2. The minimum atomic E-state index is -0.0688. The molecule has 0 saturated carbocycles. The molecule has 4 heteroatoms. The number of hydrogen-bond acceptors (Lipinski definition) is 3. The van der Waals surface area contributed by atoms with E-state index in [0.717, 1.165) is 10.2 Å². The molecule has 12 heavy (non-hydrogen) atoms. The maximum absolute atomic E-state index is 11.0. The van der Waals surface area contributed by atoms with Gasteiger partial charge in [-0.2, -0.15) is 0 Å². The van der Waals surface area contributed by atoms with Crippen LogP contribution in [0, 0.1) is 6.92 Å². The van der Waals surface area contributed by atoms with Crippen LogP contribution in [-0.2, 0) is 0 Å². The molecule has 0 saturated heterocycles. The van der Waals surface area contributed by atoms with Crippen molar-refractivity contribution in [2.24, 2.45) is 0 Å². The van der Waals surface area contributed by atoms with Crippen LogP contribution in [0.5, 0.6) is 0 Å². The van der Waals surface area contributed by atoms with Gasteiger partial charge in [0.15, 0.2) is 5.78 Å². The molecule has 0 aromatic carbocycles. The van der Waals surface area contributed by atoms with Crippen molar-refractivity contribution in [3.05, 3.63) is 21.8 Å². The highest BCUT2D eigenvalue weighted by Gasteiger charge is 2.08. The van der Waals surface area contributed by atoms with Crippen LogP contribution < -0.4 is 5.73 Å². The summed E-state index contributed by atoms with van der Waals surface area (Å²) in [5, 5.41) is 0. The Morgan fingerprint density at radius 1 is 1.67 bits per heavy atom. The highest BCUT2D eigenvalue weighted by Crippen LogP contribution is 2.19. The molecule has 0 amide bonds. The molecular formula is C8H9BrN2O. The van der Waals surface area contributed by atoms with E-state index in [1.807, 2.05) is 6.92 Å². The van der Waals surface area contributed by atoms with E-state index in [1.54, 1.807) is 6.07 Å². The van der Waals surface area contributed by atoms with Gasteiger partial charge in [-0.05, 0) is 35.8 Å². The zero-order valence-electron chi connectivity index (χ0n) is 6.89. The van der Waals surface area contributed by atoms with Crippen LogP contribution in [0.3, 0.4) is 0 Å². The highest BCUT2D eigenvalue weighted by atomic mass is 79.9. The lowest BCUT2D eigenvalue weighted by Gasteiger charge is -2.03. The fourth-order valence-electron chi connectivity index (χ4n) is 0.881. The summed E-state index contributed by atoms with van der Waals surface area (Å²) in [6, 6.07) is 1.69. The number of pyridine rings is 1. The lowest BCUT2D eigenvalue weighted by Crippen LogP contribution is -2.03. The number of rotatable bonds is 1. The van der Waals surface area contributed by atoms with Crippen LogP contribution in [0.15, 0.2) is 10.5 Å². The molecule has 0 aliphatic heterocycles. The van der Waals surface area contributed by atoms with Crippen molar-refractivity contribution >= 4 is 27.5 Å². The van der Waals surface area contributed by atoms with Gasteiger partial charge in [-0.15, -0.1) is 0 Å². The van der Waals surface area contributed by atoms with E-state index < -0.39 is 0 Å². The third kappa shape index (κ3) is 1.64. The second kappa shape index (κ2) is 3.23. The van der Waals surface area contributed by atoms with Crippen LogP contribution in [0.2, 0.25) is 0 Å². The van der Waals surface area contributed by atoms with Crippen LogP contribution in [0.1, 0.15) is 23.0 Å². The van der Waals surface area contributed by atoms with Crippen LogP contribution in [-0.4, -0.2) is 10.8 Å². The average Bonchev–Trinajstić information content (AvgIpc) is 1.96. The molecule has 0 unspecified atom stereocenters. The van der Waals surface area contributed by atoms with Gasteiger partial charge >= 0.3 is 0 Å². The largest absolute Gasteiger partial charge is 0.383 e. The van der Waals surface area contributed by atoms with Gasteiger partial charge in [0.25, 0.3) is 0 Å². The number of aryl methyl sites for hydroxylation is 1. The Morgan fingerprint density at radius 3 is 2.75 bits per heavy atom. The van der Waals surface area contributed by atoms with Gasteiger partial charge in [0.05, 0.1) is 11.3 Å². The summed E-state index contributed by atoms with van der Waals surface area (Å²) in [4.78, 5) is 15.0. The summed E-state index contributed by atoms with van der Waals surface area (Å²) in [6.45, 7) is 3.29. The Kier molecular flexibility index (Phi) is 2.47. The molecule has 3 nitrogen and oxygen atoms in total. The summed E-state index contributed by atoms with van der Waals surface area (Å²) in [6.07, 6.45) is 0. The summed E-state index contributed by atoms with van der Waals surface area (Å²) in [7, 11) is 0. The third-order valence-corrected chi connectivity index (χ3v) is 2.36. The van der Waals surface area contributed by atoms with Gasteiger partial charge < -0.3 is 5.73 Å². The van der Waals surface area contributed by atoms with Crippen LogP contribution >= 0.6 is 15.9 Å². The summed E-state index contributed by atoms with van der Waals surface area (Å²) >= 11 is 3.28. The standard InChI is InChI=1S/C8H9BrN2O/c1-4-7(9)3-6(5(2)12)8(10)11-4/h3H,1-2H3,(H2,10,11). The number of nitrogens with zero attached hydrogens (tertiary/aromatic N) is 1. The molecule has 64 valence electrons. The Balaban J connectivity index is 3.33. The highest BCUT2D eigenvalue weighted by molar-refractivity contribution is 9.10. The first-order valence-corrected chi connectivity index (χ1v) is 4.25. The second-order valence-electron chi connectivity index (χ2n) is 2.54. The maximum atomic E-state index is 11.0. The number of halogens is 1. The van der Waals surface area contributed by atoms with Crippen molar-refractivity contribution in [1.29, 1.82) is 0 Å². The monoisotopic (exact) mass is 228 g/mol. The van der Waals surface area contributed by atoms with Crippen LogP contribution in [0.4, 0.5) is 5.82 Å². The number of anilines is 1. The van der Waals surface area contributed by atoms with E-state index >= 15 is 0 Å². The van der Waals surface area contributed by atoms with Gasteiger partial charge in [0.2, 0.25) is 0 Å². The fourth-order valence-corrected chi connectivity index (χ4v) is 1.20. The number of carbonyl (C=O) groups excluding carboxylic acids is 1. The van der Waals surface area contributed by atoms with Crippen molar-refractivity contribution in [3.63, 3.8) is 0 Å². The number of ketones is 1. The topological polar surface area (TPSA) is 56.0 Å². The molecule has 0 fully saturated rings. The molecule has 1 rings (SSSR count). The Hall–Kier alpha value is -0.900. The molecule has 0 radical (unpaired) electrons. The zero-order chi connectivity index (χ0) is 9.30. The predicted molar refractivity (Wildman–Crippen MR) is 51.1 cm³/mol. The quantitative estimate of drug-likeness (QED) is 0.748. The van der Waals surface area contributed by atoms with Crippen LogP contribution in [0.25, 0.3) is 0 Å². The zero-order valence-corrected chi connectivity index (χ0v) is 8.47.